The summed E-state index contributed by atoms with van der Waals surface area (Å²) in [5, 5.41) is 9.46. The van der Waals surface area contributed by atoms with E-state index in [1.165, 1.54) is 24.8 Å². The van der Waals surface area contributed by atoms with Crippen molar-refractivity contribution in [1.82, 2.24) is 9.80 Å². The third kappa shape index (κ3) is 3.73. The van der Waals surface area contributed by atoms with Gasteiger partial charge in [-0.05, 0) is 49.9 Å². The lowest BCUT2D eigenvalue weighted by Crippen LogP contribution is -2.56. The normalized spacial score (nSPS) is 24.6. The molecule has 2 fully saturated rings. The quantitative estimate of drug-likeness (QED) is 0.899. The van der Waals surface area contributed by atoms with Crippen LogP contribution in [0.25, 0.3) is 0 Å². The highest BCUT2D eigenvalue weighted by atomic mass is 16.5. The number of piperidine rings is 1. The second-order valence-electron chi connectivity index (χ2n) is 7.08. The highest BCUT2D eigenvalue weighted by molar-refractivity contribution is 5.76. The molecule has 1 unspecified atom stereocenters. The summed E-state index contributed by atoms with van der Waals surface area (Å²) < 4.78 is 5.05. The van der Waals surface area contributed by atoms with Gasteiger partial charge in [-0.3, -0.25) is 9.69 Å². The Bertz CT molecular complexity index is 560. The largest absolute Gasteiger partial charge is 0.508 e. The predicted octanol–water partition coefficient (Wildman–Crippen LogP) is 2.39. The first-order valence-electron chi connectivity index (χ1n) is 8.93. The third-order valence-electron chi connectivity index (χ3n) is 5.48. The zero-order chi connectivity index (χ0) is 17.0. The van der Waals surface area contributed by atoms with Crippen LogP contribution in [0.15, 0.2) is 24.3 Å². The highest BCUT2D eigenvalue weighted by Gasteiger charge is 2.44. The molecule has 2 saturated heterocycles. The molecule has 1 aromatic carbocycles. The van der Waals surface area contributed by atoms with Gasteiger partial charge in [-0.25, -0.2) is 0 Å². The zero-order valence-corrected chi connectivity index (χ0v) is 14.5. The minimum Gasteiger partial charge on any atom is -0.508 e. The van der Waals surface area contributed by atoms with Gasteiger partial charge in [0.1, 0.15) is 5.75 Å². The molecule has 0 aliphatic carbocycles. The van der Waals surface area contributed by atoms with Crippen molar-refractivity contribution in [3.8, 4) is 5.75 Å². The Balaban J connectivity index is 1.68. The van der Waals surface area contributed by atoms with Crippen LogP contribution in [-0.2, 0) is 16.1 Å². The maximum absolute atomic E-state index is 12.4. The van der Waals surface area contributed by atoms with E-state index in [4.69, 9.17) is 4.74 Å². The molecule has 1 amide bonds. The van der Waals surface area contributed by atoms with Gasteiger partial charge in [-0.15, -0.1) is 0 Å². The molecular weight excluding hydrogens is 304 g/mol. The Morgan fingerprint density at radius 1 is 1.21 bits per heavy atom. The molecule has 0 saturated carbocycles. The van der Waals surface area contributed by atoms with Gasteiger partial charge in [-0.1, -0.05) is 12.1 Å². The molecular formula is C19H28N2O3. The van der Waals surface area contributed by atoms with Gasteiger partial charge in [0.15, 0.2) is 0 Å². The average molecular weight is 332 g/mol. The van der Waals surface area contributed by atoms with E-state index in [0.717, 1.165) is 32.6 Å². The van der Waals surface area contributed by atoms with Crippen molar-refractivity contribution in [3.05, 3.63) is 29.8 Å². The second-order valence-corrected chi connectivity index (χ2v) is 7.08. The predicted molar refractivity (Wildman–Crippen MR) is 92.8 cm³/mol. The standard InChI is InChI=1S/C19H28N2O3/c1-24-13-8-18(23)20-11-2-9-19(15-20)10-3-12-21(19)14-16-4-6-17(22)7-5-16/h4-7,22H,2-3,8-15H2,1H3. The Morgan fingerprint density at radius 2 is 1.92 bits per heavy atom. The molecule has 1 spiro atoms. The minimum atomic E-state index is 0.124. The number of phenols is 1. The monoisotopic (exact) mass is 332 g/mol. The van der Waals surface area contributed by atoms with Gasteiger partial charge in [-0.2, -0.15) is 0 Å². The van der Waals surface area contributed by atoms with Crippen LogP contribution in [-0.4, -0.2) is 59.7 Å². The Morgan fingerprint density at radius 3 is 2.62 bits per heavy atom. The van der Waals surface area contributed by atoms with Crippen LogP contribution >= 0.6 is 0 Å². The van der Waals surface area contributed by atoms with Gasteiger partial charge in [0.25, 0.3) is 0 Å². The molecule has 5 nitrogen and oxygen atoms in total. The number of rotatable bonds is 5. The fraction of sp³-hybridized carbons (Fsp3) is 0.632. The Kier molecular flexibility index (Phi) is 5.41. The van der Waals surface area contributed by atoms with E-state index >= 15 is 0 Å². The molecule has 0 radical (unpaired) electrons. The van der Waals surface area contributed by atoms with Crippen molar-refractivity contribution in [3.63, 3.8) is 0 Å². The number of carbonyl (C=O) groups is 1. The van der Waals surface area contributed by atoms with Crippen LogP contribution in [0.1, 0.15) is 37.7 Å². The van der Waals surface area contributed by atoms with Gasteiger partial charge < -0.3 is 14.7 Å². The van der Waals surface area contributed by atoms with Crippen molar-refractivity contribution in [2.45, 2.75) is 44.2 Å². The molecule has 132 valence electrons. The highest BCUT2D eigenvalue weighted by Crippen LogP contribution is 2.38. The summed E-state index contributed by atoms with van der Waals surface area (Å²) in [6, 6.07) is 7.48. The van der Waals surface area contributed by atoms with Crippen molar-refractivity contribution >= 4 is 5.91 Å². The van der Waals surface area contributed by atoms with E-state index in [2.05, 4.69) is 4.90 Å². The van der Waals surface area contributed by atoms with Crippen molar-refractivity contribution in [2.24, 2.45) is 0 Å². The summed E-state index contributed by atoms with van der Waals surface area (Å²) in [7, 11) is 1.64. The molecule has 0 aromatic heterocycles. The first kappa shape index (κ1) is 17.2. The number of benzene rings is 1. The van der Waals surface area contributed by atoms with E-state index in [0.29, 0.717) is 18.8 Å². The lowest BCUT2D eigenvalue weighted by atomic mass is 9.86. The zero-order valence-electron chi connectivity index (χ0n) is 14.5. The summed E-state index contributed by atoms with van der Waals surface area (Å²) >= 11 is 0. The van der Waals surface area contributed by atoms with Gasteiger partial charge in [0.2, 0.25) is 5.91 Å². The number of likely N-dealkylation sites (tertiary alicyclic amines) is 2. The van der Waals surface area contributed by atoms with E-state index in [1.807, 2.05) is 17.0 Å². The average Bonchev–Trinajstić information content (AvgIpc) is 2.96. The number of methoxy groups -OCH3 is 1. The number of phenolic OH excluding ortho intramolecular Hbond substituents is 1. The molecule has 0 bridgehead atoms. The number of amides is 1. The SMILES string of the molecule is COCCC(=O)N1CCCC2(CCCN2Cc2ccc(O)cc2)C1. The Labute approximate surface area is 144 Å². The maximum atomic E-state index is 12.4. The number of ether oxygens (including phenoxy) is 1. The summed E-state index contributed by atoms with van der Waals surface area (Å²) in [4.78, 5) is 17.0. The fourth-order valence-corrected chi connectivity index (χ4v) is 4.20. The van der Waals surface area contributed by atoms with E-state index in [-0.39, 0.29) is 11.4 Å². The maximum Gasteiger partial charge on any atom is 0.224 e. The molecule has 1 N–H and O–H groups in total. The van der Waals surface area contributed by atoms with E-state index in [9.17, 15) is 9.90 Å². The Hall–Kier alpha value is -1.59. The van der Waals surface area contributed by atoms with Crippen molar-refractivity contribution in [2.75, 3.05) is 33.4 Å². The first-order chi connectivity index (χ1) is 11.6. The summed E-state index contributed by atoms with van der Waals surface area (Å²) in [5.41, 5.74) is 1.34. The van der Waals surface area contributed by atoms with E-state index < -0.39 is 0 Å². The molecule has 2 heterocycles. The van der Waals surface area contributed by atoms with Crippen LogP contribution < -0.4 is 0 Å². The van der Waals surface area contributed by atoms with Crippen LogP contribution in [0.5, 0.6) is 5.75 Å². The van der Waals surface area contributed by atoms with Crippen molar-refractivity contribution in [1.29, 1.82) is 0 Å². The molecule has 5 heteroatoms. The summed E-state index contributed by atoms with van der Waals surface area (Å²) in [6.07, 6.45) is 5.08. The van der Waals surface area contributed by atoms with Gasteiger partial charge >= 0.3 is 0 Å². The van der Waals surface area contributed by atoms with Gasteiger partial charge in [0, 0.05) is 32.3 Å². The minimum absolute atomic E-state index is 0.124. The summed E-state index contributed by atoms with van der Waals surface area (Å²) in [5.74, 6) is 0.523. The number of hydrogen-bond donors (Lipinski definition) is 1. The van der Waals surface area contributed by atoms with Crippen LogP contribution in [0.3, 0.4) is 0 Å². The lowest BCUT2D eigenvalue weighted by molar-refractivity contribution is -0.136. The van der Waals surface area contributed by atoms with E-state index in [1.54, 1.807) is 19.2 Å². The topological polar surface area (TPSA) is 53.0 Å². The molecule has 2 aliphatic heterocycles. The van der Waals surface area contributed by atoms with Crippen molar-refractivity contribution < 1.29 is 14.6 Å². The molecule has 3 rings (SSSR count). The van der Waals surface area contributed by atoms with Crippen LogP contribution in [0, 0.1) is 0 Å². The third-order valence-corrected chi connectivity index (χ3v) is 5.48. The number of hydrogen-bond acceptors (Lipinski definition) is 4. The lowest BCUT2D eigenvalue weighted by Gasteiger charge is -2.46. The second kappa shape index (κ2) is 7.53. The molecule has 24 heavy (non-hydrogen) atoms. The molecule has 1 aromatic rings. The smallest absolute Gasteiger partial charge is 0.224 e. The molecule has 1 atom stereocenters. The van der Waals surface area contributed by atoms with Crippen LogP contribution in [0.2, 0.25) is 0 Å². The van der Waals surface area contributed by atoms with Crippen LogP contribution in [0.4, 0.5) is 0 Å². The summed E-state index contributed by atoms with van der Waals surface area (Å²) in [6.45, 7) is 4.19. The van der Waals surface area contributed by atoms with Gasteiger partial charge in [0.05, 0.1) is 13.0 Å². The number of aromatic hydroxyl groups is 1. The molecule has 2 aliphatic rings. The number of carbonyl (C=O) groups excluding carboxylic acids is 1. The number of nitrogens with zero attached hydrogens (tertiary/aromatic N) is 2. The first-order valence-corrected chi connectivity index (χ1v) is 8.93. The fourth-order valence-electron chi connectivity index (χ4n) is 4.20.